The highest BCUT2D eigenvalue weighted by Crippen LogP contribution is 2.13. The van der Waals surface area contributed by atoms with Gasteiger partial charge in [0.25, 0.3) is 0 Å². The molecule has 1 N–H and O–H groups in total. The molecule has 0 saturated carbocycles. The fourth-order valence-electron chi connectivity index (χ4n) is 1.60. The Morgan fingerprint density at radius 3 is 2.41 bits per heavy atom. The van der Waals surface area contributed by atoms with Crippen LogP contribution in [0, 0.1) is 5.92 Å². The van der Waals surface area contributed by atoms with E-state index in [2.05, 4.69) is 0 Å². The van der Waals surface area contributed by atoms with Gasteiger partial charge in [0.05, 0.1) is 26.4 Å². The van der Waals surface area contributed by atoms with E-state index in [-0.39, 0.29) is 12.0 Å². The highest BCUT2D eigenvalue weighted by atomic mass is 16.5. The third-order valence-corrected chi connectivity index (χ3v) is 2.88. The summed E-state index contributed by atoms with van der Waals surface area (Å²) in [6.07, 6.45) is 0.499. The maximum atomic E-state index is 9.60. The Balaban J connectivity index is 2.30. The van der Waals surface area contributed by atoms with Gasteiger partial charge in [-0.3, -0.25) is 0 Å². The fourth-order valence-corrected chi connectivity index (χ4v) is 1.60. The Hall–Kier alpha value is -1.06. The molecule has 0 saturated heterocycles. The molecule has 0 fully saturated rings. The van der Waals surface area contributed by atoms with Crippen molar-refractivity contribution in [3.05, 3.63) is 29.8 Å². The Labute approximate surface area is 103 Å². The molecule has 1 aromatic rings. The van der Waals surface area contributed by atoms with E-state index < -0.39 is 0 Å². The number of benzene rings is 1. The first-order valence-electron chi connectivity index (χ1n) is 6.06. The molecule has 0 aliphatic carbocycles. The van der Waals surface area contributed by atoms with E-state index >= 15 is 0 Å². The van der Waals surface area contributed by atoms with Gasteiger partial charge in [-0.2, -0.15) is 0 Å². The van der Waals surface area contributed by atoms with Crippen molar-refractivity contribution in [3.8, 4) is 5.75 Å². The standard InChI is InChI=1S/C14H22O3/c1-4-14(15)11(2)9-17-10-12-5-7-13(16-3)8-6-12/h5-8,11,14-15H,4,9-10H2,1-3H3. The molecule has 3 nitrogen and oxygen atoms in total. The van der Waals surface area contributed by atoms with Crippen LogP contribution in [-0.4, -0.2) is 24.9 Å². The minimum atomic E-state index is -0.272. The minimum absolute atomic E-state index is 0.179. The van der Waals surface area contributed by atoms with Gasteiger partial charge in [-0.1, -0.05) is 26.0 Å². The molecular formula is C14H22O3. The number of methoxy groups -OCH3 is 1. The summed E-state index contributed by atoms with van der Waals surface area (Å²) in [5.41, 5.74) is 1.11. The second kappa shape index (κ2) is 7.30. The number of rotatable bonds is 7. The number of hydrogen-bond acceptors (Lipinski definition) is 3. The summed E-state index contributed by atoms with van der Waals surface area (Å²) in [5, 5.41) is 9.60. The van der Waals surface area contributed by atoms with Crippen LogP contribution in [0.15, 0.2) is 24.3 Å². The number of ether oxygens (including phenoxy) is 2. The van der Waals surface area contributed by atoms with Crippen LogP contribution in [0.2, 0.25) is 0 Å². The second-order valence-corrected chi connectivity index (χ2v) is 4.32. The summed E-state index contributed by atoms with van der Waals surface area (Å²) >= 11 is 0. The molecule has 0 spiro atoms. The van der Waals surface area contributed by atoms with Gasteiger partial charge >= 0.3 is 0 Å². The van der Waals surface area contributed by atoms with Crippen molar-refractivity contribution in [2.45, 2.75) is 33.0 Å². The van der Waals surface area contributed by atoms with Crippen LogP contribution in [0.4, 0.5) is 0 Å². The molecular weight excluding hydrogens is 216 g/mol. The van der Waals surface area contributed by atoms with E-state index in [1.807, 2.05) is 38.1 Å². The van der Waals surface area contributed by atoms with Crippen LogP contribution in [0.1, 0.15) is 25.8 Å². The highest BCUT2D eigenvalue weighted by Gasteiger charge is 2.11. The molecule has 0 amide bonds. The van der Waals surface area contributed by atoms with Crippen molar-refractivity contribution in [3.63, 3.8) is 0 Å². The van der Waals surface area contributed by atoms with Crippen LogP contribution in [-0.2, 0) is 11.3 Å². The average Bonchev–Trinajstić information content (AvgIpc) is 2.38. The molecule has 2 unspecified atom stereocenters. The van der Waals surface area contributed by atoms with Crippen LogP contribution < -0.4 is 4.74 Å². The molecule has 0 radical (unpaired) electrons. The molecule has 0 bridgehead atoms. The maximum Gasteiger partial charge on any atom is 0.118 e. The molecule has 96 valence electrons. The molecule has 1 aromatic carbocycles. The Morgan fingerprint density at radius 1 is 1.24 bits per heavy atom. The van der Waals surface area contributed by atoms with Crippen LogP contribution >= 0.6 is 0 Å². The van der Waals surface area contributed by atoms with E-state index in [9.17, 15) is 5.11 Å². The first kappa shape index (κ1) is 14.0. The van der Waals surface area contributed by atoms with Crippen LogP contribution in [0.25, 0.3) is 0 Å². The summed E-state index contributed by atoms with van der Waals surface area (Å²) in [6.45, 7) is 5.14. The average molecular weight is 238 g/mol. The Kier molecular flexibility index (Phi) is 6.01. The molecule has 0 heterocycles. The number of aliphatic hydroxyl groups excluding tert-OH is 1. The van der Waals surface area contributed by atoms with Crippen molar-refractivity contribution < 1.29 is 14.6 Å². The molecule has 1 rings (SSSR count). The zero-order chi connectivity index (χ0) is 12.7. The van der Waals surface area contributed by atoms with Crippen molar-refractivity contribution in [2.24, 2.45) is 5.92 Å². The lowest BCUT2D eigenvalue weighted by atomic mass is 10.0. The van der Waals surface area contributed by atoms with Gasteiger partial charge in [-0.25, -0.2) is 0 Å². The summed E-state index contributed by atoms with van der Waals surface area (Å²) < 4.78 is 10.7. The van der Waals surface area contributed by atoms with Gasteiger partial charge in [0.2, 0.25) is 0 Å². The molecule has 17 heavy (non-hydrogen) atoms. The molecule has 3 heteroatoms. The van der Waals surface area contributed by atoms with Crippen molar-refractivity contribution in [1.29, 1.82) is 0 Å². The van der Waals surface area contributed by atoms with Gasteiger partial charge in [-0.05, 0) is 24.1 Å². The third-order valence-electron chi connectivity index (χ3n) is 2.88. The summed E-state index contributed by atoms with van der Waals surface area (Å²) in [7, 11) is 1.65. The first-order valence-corrected chi connectivity index (χ1v) is 6.06. The molecule has 2 atom stereocenters. The van der Waals surface area contributed by atoms with E-state index in [0.717, 1.165) is 17.7 Å². The van der Waals surface area contributed by atoms with Gasteiger partial charge in [-0.15, -0.1) is 0 Å². The van der Waals surface area contributed by atoms with E-state index in [1.54, 1.807) is 7.11 Å². The lowest BCUT2D eigenvalue weighted by Gasteiger charge is -2.17. The summed E-state index contributed by atoms with van der Waals surface area (Å²) in [4.78, 5) is 0. The lowest BCUT2D eigenvalue weighted by Crippen LogP contribution is -2.21. The monoisotopic (exact) mass is 238 g/mol. The lowest BCUT2D eigenvalue weighted by molar-refractivity contribution is 0.0274. The molecule has 0 aromatic heterocycles. The van der Waals surface area contributed by atoms with Gasteiger partial charge in [0.1, 0.15) is 5.75 Å². The van der Waals surface area contributed by atoms with E-state index in [4.69, 9.17) is 9.47 Å². The maximum absolute atomic E-state index is 9.60. The predicted octanol–water partition coefficient (Wildman–Crippen LogP) is 2.62. The van der Waals surface area contributed by atoms with Crippen LogP contribution in [0.5, 0.6) is 5.75 Å². The third kappa shape index (κ3) is 4.75. The summed E-state index contributed by atoms with van der Waals surface area (Å²) in [5.74, 6) is 1.03. The van der Waals surface area contributed by atoms with Crippen molar-refractivity contribution in [2.75, 3.05) is 13.7 Å². The van der Waals surface area contributed by atoms with Gasteiger partial charge in [0.15, 0.2) is 0 Å². The molecule has 0 aliphatic heterocycles. The quantitative estimate of drug-likeness (QED) is 0.793. The highest BCUT2D eigenvalue weighted by molar-refractivity contribution is 5.26. The fraction of sp³-hybridized carbons (Fsp3) is 0.571. The van der Waals surface area contributed by atoms with E-state index in [1.165, 1.54) is 0 Å². The number of hydrogen-bond donors (Lipinski definition) is 1. The van der Waals surface area contributed by atoms with Gasteiger partial charge < -0.3 is 14.6 Å². The second-order valence-electron chi connectivity index (χ2n) is 4.32. The largest absolute Gasteiger partial charge is 0.497 e. The first-order chi connectivity index (χ1) is 8.17. The van der Waals surface area contributed by atoms with Crippen molar-refractivity contribution >= 4 is 0 Å². The molecule has 0 aliphatic rings. The predicted molar refractivity (Wildman–Crippen MR) is 68.1 cm³/mol. The van der Waals surface area contributed by atoms with Crippen molar-refractivity contribution in [1.82, 2.24) is 0 Å². The smallest absolute Gasteiger partial charge is 0.118 e. The Bertz CT molecular complexity index is 308. The zero-order valence-corrected chi connectivity index (χ0v) is 10.8. The zero-order valence-electron chi connectivity index (χ0n) is 10.8. The van der Waals surface area contributed by atoms with Crippen LogP contribution in [0.3, 0.4) is 0 Å². The normalized spacial score (nSPS) is 14.4. The van der Waals surface area contributed by atoms with E-state index in [0.29, 0.717) is 13.2 Å². The minimum Gasteiger partial charge on any atom is -0.497 e. The topological polar surface area (TPSA) is 38.7 Å². The van der Waals surface area contributed by atoms with Gasteiger partial charge in [0, 0.05) is 5.92 Å². The Morgan fingerprint density at radius 2 is 1.88 bits per heavy atom. The SMILES string of the molecule is CCC(O)C(C)COCc1ccc(OC)cc1. The number of aliphatic hydroxyl groups is 1. The summed E-state index contributed by atoms with van der Waals surface area (Å²) in [6, 6.07) is 7.81.